The van der Waals surface area contributed by atoms with Gasteiger partial charge in [0.15, 0.2) is 5.75 Å². The molecule has 0 unspecified atom stereocenters. The number of phenolic OH excluding ortho intramolecular Hbond substituents is 1. The average Bonchev–Trinajstić information content (AvgIpc) is 2.81. The van der Waals surface area contributed by atoms with Crippen LogP contribution in [0.5, 0.6) is 5.75 Å². The van der Waals surface area contributed by atoms with E-state index < -0.39 is 22.3 Å². The minimum atomic E-state index is -0.732. The van der Waals surface area contributed by atoms with Gasteiger partial charge in [0, 0.05) is 23.2 Å². The first-order valence-corrected chi connectivity index (χ1v) is 5.41. The smallest absolute Gasteiger partial charge is 0.310 e. The summed E-state index contributed by atoms with van der Waals surface area (Å²) >= 11 is 0.994. The predicted molar refractivity (Wildman–Crippen MR) is 62.6 cm³/mol. The number of carbonyl (C=O) groups excluding carboxylic acids is 1. The fourth-order valence-corrected chi connectivity index (χ4v) is 1.64. The number of anilines is 1. The molecule has 1 amide bonds. The topological polar surface area (TPSA) is 118 Å². The van der Waals surface area contributed by atoms with Crippen molar-refractivity contribution < 1.29 is 14.8 Å². The molecule has 0 fully saturated rings. The maximum Gasteiger partial charge on any atom is 0.310 e. The van der Waals surface area contributed by atoms with Crippen LogP contribution in [0, 0.1) is 10.1 Å². The van der Waals surface area contributed by atoms with Crippen LogP contribution in [0.2, 0.25) is 0 Å². The lowest BCUT2D eigenvalue weighted by Gasteiger charge is -2.02. The lowest BCUT2D eigenvalue weighted by Crippen LogP contribution is -2.10. The molecule has 1 aromatic heterocycles. The van der Waals surface area contributed by atoms with Crippen LogP contribution >= 0.6 is 11.5 Å². The van der Waals surface area contributed by atoms with E-state index >= 15 is 0 Å². The Balaban J connectivity index is 2.21. The van der Waals surface area contributed by atoms with E-state index in [-0.39, 0.29) is 5.56 Å². The van der Waals surface area contributed by atoms with Gasteiger partial charge in [-0.1, -0.05) is 4.49 Å². The Morgan fingerprint density at radius 2 is 2.28 bits per heavy atom. The molecule has 0 aliphatic carbocycles. The first-order valence-electron chi connectivity index (χ1n) is 4.64. The Bertz CT molecular complexity index is 599. The van der Waals surface area contributed by atoms with E-state index in [1.165, 1.54) is 12.3 Å². The first-order chi connectivity index (χ1) is 8.58. The molecule has 18 heavy (non-hydrogen) atoms. The van der Waals surface area contributed by atoms with Crippen LogP contribution in [-0.2, 0) is 0 Å². The number of phenols is 1. The zero-order valence-corrected chi connectivity index (χ0v) is 9.55. The third-order valence-corrected chi connectivity index (χ3v) is 2.61. The van der Waals surface area contributed by atoms with Crippen LogP contribution in [0.3, 0.4) is 0 Å². The summed E-state index contributed by atoms with van der Waals surface area (Å²) in [7, 11) is 0. The second-order valence-electron chi connectivity index (χ2n) is 3.20. The quantitative estimate of drug-likeness (QED) is 0.640. The van der Waals surface area contributed by atoms with Crippen LogP contribution in [0.4, 0.5) is 10.7 Å². The van der Waals surface area contributed by atoms with Gasteiger partial charge in [-0.25, -0.2) is 0 Å². The Morgan fingerprint density at radius 3 is 2.83 bits per heavy atom. The molecule has 2 rings (SSSR count). The molecule has 0 atom stereocenters. The molecule has 0 bridgehead atoms. The van der Waals surface area contributed by atoms with E-state index in [0.29, 0.717) is 5.00 Å². The fourth-order valence-electron chi connectivity index (χ4n) is 1.23. The fraction of sp³-hybridized carbons (Fsp3) is 0. The maximum atomic E-state index is 11.7. The number of nitro benzene ring substituents is 1. The van der Waals surface area contributed by atoms with Crippen LogP contribution in [0.15, 0.2) is 24.4 Å². The van der Waals surface area contributed by atoms with E-state index in [0.717, 1.165) is 23.7 Å². The zero-order chi connectivity index (χ0) is 13.1. The molecule has 0 saturated carbocycles. The molecule has 8 nitrogen and oxygen atoms in total. The number of hydrogen-bond acceptors (Lipinski definition) is 7. The number of aromatic nitrogens is 2. The lowest BCUT2D eigenvalue weighted by molar-refractivity contribution is -0.385. The second kappa shape index (κ2) is 4.75. The number of aromatic hydroxyl groups is 1. The SMILES string of the molecule is O=C(Nc1cnns1)c1ccc([N+](=O)[O-])c(O)c1. The number of nitrogens with zero attached hydrogens (tertiary/aromatic N) is 3. The van der Waals surface area contributed by atoms with Gasteiger partial charge >= 0.3 is 5.69 Å². The second-order valence-corrected chi connectivity index (χ2v) is 3.98. The summed E-state index contributed by atoms with van der Waals surface area (Å²) in [6.07, 6.45) is 1.37. The highest BCUT2D eigenvalue weighted by atomic mass is 32.1. The van der Waals surface area contributed by atoms with Crippen molar-refractivity contribution in [2.75, 3.05) is 5.32 Å². The molecule has 2 aromatic rings. The monoisotopic (exact) mass is 266 g/mol. The van der Waals surface area contributed by atoms with Gasteiger partial charge in [-0.3, -0.25) is 14.9 Å². The molecular formula is C9H6N4O4S. The van der Waals surface area contributed by atoms with Crippen molar-refractivity contribution in [3.05, 3.63) is 40.1 Å². The van der Waals surface area contributed by atoms with E-state index in [1.807, 2.05) is 0 Å². The zero-order valence-electron chi connectivity index (χ0n) is 8.73. The van der Waals surface area contributed by atoms with Crippen molar-refractivity contribution in [1.29, 1.82) is 0 Å². The third kappa shape index (κ3) is 2.40. The number of hydrogen-bond donors (Lipinski definition) is 2. The third-order valence-electron chi connectivity index (χ3n) is 2.03. The molecule has 0 aliphatic heterocycles. The number of nitro groups is 1. The molecule has 9 heteroatoms. The summed E-state index contributed by atoms with van der Waals surface area (Å²) in [5.74, 6) is -1.07. The van der Waals surface area contributed by atoms with Crippen LogP contribution in [0.25, 0.3) is 0 Å². The van der Waals surface area contributed by atoms with Crippen molar-refractivity contribution >= 4 is 28.1 Å². The molecule has 92 valence electrons. The molecule has 1 heterocycles. The average molecular weight is 266 g/mol. The Kier molecular flexibility index (Phi) is 3.15. The molecular weight excluding hydrogens is 260 g/mol. The minimum absolute atomic E-state index is 0.103. The van der Waals surface area contributed by atoms with E-state index in [9.17, 15) is 20.0 Å². The lowest BCUT2D eigenvalue weighted by atomic mass is 10.2. The van der Waals surface area contributed by atoms with Gasteiger partial charge in [0.25, 0.3) is 5.91 Å². The summed E-state index contributed by atoms with van der Waals surface area (Å²) in [5.41, 5.74) is -0.350. The maximum absolute atomic E-state index is 11.7. The highest BCUT2D eigenvalue weighted by Crippen LogP contribution is 2.26. The van der Waals surface area contributed by atoms with Gasteiger partial charge < -0.3 is 10.4 Å². The number of benzene rings is 1. The van der Waals surface area contributed by atoms with Gasteiger partial charge in [-0.15, -0.1) is 5.10 Å². The summed E-state index contributed by atoms with van der Waals surface area (Å²) in [6.45, 7) is 0. The summed E-state index contributed by atoms with van der Waals surface area (Å²) in [5, 5.41) is 26.4. The summed E-state index contributed by atoms with van der Waals surface area (Å²) in [6, 6.07) is 3.35. The standard InChI is InChI=1S/C9H6N4O4S/c14-7-3-5(1-2-6(7)13(16)17)9(15)11-8-4-10-12-18-8/h1-4,14H,(H,11,15). The number of rotatable bonds is 3. The van der Waals surface area contributed by atoms with Gasteiger partial charge in [0.05, 0.1) is 11.1 Å². The number of carbonyl (C=O) groups is 1. The number of nitrogens with one attached hydrogen (secondary N) is 1. The highest BCUT2D eigenvalue weighted by Gasteiger charge is 2.16. The Hall–Kier alpha value is -2.55. The van der Waals surface area contributed by atoms with E-state index in [2.05, 4.69) is 14.9 Å². The summed E-state index contributed by atoms with van der Waals surface area (Å²) in [4.78, 5) is 21.5. The largest absolute Gasteiger partial charge is 0.502 e. The normalized spacial score (nSPS) is 10.0. The molecule has 1 aromatic carbocycles. The molecule has 0 spiro atoms. The van der Waals surface area contributed by atoms with Gasteiger partial charge in [0.1, 0.15) is 5.00 Å². The molecule has 0 radical (unpaired) electrons. The molecule has 0 aliphatic rings. The van der Waals surface area contributed by atoms with Crippen molar-refractivity contribution in [2.45, 2.75) is 0 Å². The predicted octanol–water partition coefficient (Wildman–Crippen LogP) is 1.40. The van der Waals surface area contributed by atoms with Gasteiger partial charge in [0.2, 0.25) is 0 Å². The molecule has 2 N–H and O–H groups in total. The Morgan fingerprint density at radius 1 is 1.50 bits per heavy atom. The Labute approximate surface area is 104 Å². The van der Waals surface area contributed by atoms with Crippen molar-refractivity contribution in [1.82, 2.24) is 9.59 Å². The van der Waals surface area contributed by atoms with Crippen LogP contribution in [0.1, 0.15) is 10.4 Å². The van der Waals surface area contributed by atoms with Gasteiger partial charge in [-0.2, -0.15) is 0 Å². The highest BCUT2D eigenvalue weighted by molar-refractivity contribution is 7.10. The van der Waals surface area contributed by atoms with Crippen LogP contribution in [-0.4, -0.2) is 25.5 Å². The van der Waals surface area contributed by atoms with Crippen molar-refractivity contribution in [2.24, 2.45) is 0 Å². The van der Waals surface area contributed by atoms with Crippen molar-refractivity contribution in [3.63, 3.8) is 0 Å². The van der Waals surface area contributed by atoms with E-state index in [4.69, 9.17) is 0 Å². The first kappa shape index (κ1) is 11.9. The summed E-state index contributed by atoms with van der Waals surface area (Å²) < 4.78 is 3.56. The minimum Gasteiger partial charge on any atom is -0.502 e. The number of amides is 1. The van der Waals surface area contributed by atoms with Crippen LogP contribution < -0.4 is 5.32 Å². The molecule has 0 saturated heterocycles. The van der Waals surface area contributed by atoms with Crippen molar-refractivity contribution in [3.8, 4) is 5.75 Å². The van der Waals surface area contributed by atoms with E-state index in [1.54, 1.807) is 0 Å². The van der Waals surface area contributed by atoms with Gasteiger partial charge in [-0.05, 0) is 12.1 Å².